The number of allylic oxidation sites excluding steroid dienone is 1. The summed E-state index contributed by atoms with van der Waals surface area (Å²) < 4.78 is 0. The molecule has 0 radical (unpaired) electrons. The first-order valence-electron chi connectivity index (χ1n) is 4.73. The summed E-state index contributed by atoms with van der Waals surface area (Å²) in [5, 5.41) is 5.17. The molecule has 80 valence electrons. The molecule has 0 saturated heterocycles. The van der Waals surface area contributed by atoms with Crippen molar-refractivity contribution in [3.8, 4) is 0 Å². The van der Waals surface area contributed by atoms with Gasteiger partial charge < -0.3 is 10.6 Å². The van der Waals surface area contributed by atoms with E-state index in [1.165, 1.54) is 6.08 Å². The lowest BCUT2D eigenvalue weighted by molar-refractivity contribution is -0.124. The zero-order chi connectivity index (χ0) is 11.0. The number of rotatable bonds is 5. The highest BCUT2D eigenvalue weighted by Gasteiger charge is 2.02. The highest BCUT2D eigenvalue weighted by atomic mass is 16.2. The highest BCUT2D eigenvalue weighted by molar-refractivity contribution is 5.91. The monoisotopic (exact) mass is 198 g/mol. The quantitative estimate of drug-likeness (QED) is 0.630. The predicted molar refractivity (Wildman–Crippen MR) is 55.7 cm³/mol. The minimum absolute atomic E-state index is 0.0376. The lowest BCUT2D eigenvalue weighted by Crippen LogP contribution is -2.37. The van der Waals surface area contributed by atoms with Gasteiger partial charge >= 0.3 is 0 Å². The highest BCUT2D eigenvalue weighted by Crippen LogP contribution is 1.86. The summed E-state index contributed by atoms with van der Waals surface area (Å²) in [5.41, 5.74) is 0. The molecule has 0 unspecified atom stereocenters. The molecule has 0 heterocycles. The fraction of sp³-hybridized carbons (Fsp3) is 0.600. The van der Waals surface area contributed by atoms with E-state index >= 15 is 0 Å². The molecule has 0 atom stereocenters. The number of amides is 2. The minimum Gasteiger partial charge on any atom is -0.354 e. The third-order valence-corrected chi connectivity index (χ3v) is 1.45. The zero-order valence-corrected chi connectivity index (χ0v) is 8.96. The molecule has 0 aliphatic rings. The van der Waals surface area contributed by atoms with Crippen LogP contribution in [0.25, 0.3) is 0 Å². The maximum Gasteiger partial charge on any atom is 0.244 e. The Morgan fingerprint density at radius 3 is 2.43 bits per heavy atom. The van der Waals surface area contributed by atoms with Crippen molar-refractivity contribution in [1.82, 2.24) is 10.6 Å². The molecule has 0 aliphatic carbocycles. The van der Waals surface area contributed by atoms with Crippen molar-refractivity contribution in [1.29, 1.82) is 0 Å². The maximum atomic E-state index is 11.1. The van der Waals surface area contributed by atoms with Crippen molar-refractivity contribution in [2.24, 2.45) is 5.92 Å². The van der Waals surface area contributed by atoms with Gasteiger partial charge in [0.2, 0.25) is 11.8 Å². The summed E-state index contributed by atoms with van der Waals surface area (Å²) in [6.45, 7) is 6.45. The van der Waals surface area contributed by atoms with Crippen LogP contribution < -0.4 is 10.6 Å². The largest absolute Gasteiger partial charge is 0.354 e. The van der Waals surface area contributed by atoms with Gasteiger partial charge in [0.15, 0.2) is 0 Å². The Morgan fingerprint density at radius 1 is 1.29 bits per heavy atom. The molecule has 2 amide bonds. The summed E-state index contributed by atoms with van der Waals surface area (Å²) in [6.07, 6.45) is 3.01. The molecule has 0 aromatic rings. The van der Waals surface area contributed by atoms with Crippen molar-refractivity contribution in [2.75, 3.05) is 13.1 Å². The fourth-order valence-corrected chi connectivity index (χ4v) is 0.758. The molecule has 4 nitrogen and oxygen atoms in total. The SMILES string of the molecule is C/C=C/C(=O)NCC(=O)NCC(C)C. The molecule has 0 bridgehead atoms. The van der Waals surface area contributed by atoms with Crippen molar-refractivity contribution in [3.05, 3.63) is 12.2 Å². The number of carbonyl (C=O) groups is 2. The van der Waals surface area contributed by atoms with Crippen LogP contribution in [0.2, 0.25) is 0 Å². The van der Waals surface area contributed by atoms with Crippen LogP contribution in [-0.4, -0.2) is 24.9 Å². The van der Waals surface area contributed by atoms with Gasteiger partial charge in [-0.3, -0.25) is 9.59 Å². The number of nitrogens with one attached hydrogen (secondary N) is 2. The molecule has 4 heteroatoms. The first-order chi connectivity index (χ1) is 6.56. The van der Waals surface area contributed by atoms with Crippen LogP contribution in [-0.2, 0) is 9.59 Å². The van der Waals surface area contributed by atoms with E-state index in [0.29, 0.717) is 12.5 Å². The average Bonchev–Trinajstić information content (AvgIpc) is 2.12. The Balaban J connectivity index is 3.59. The molecule has 0 saturated carbocycles. The van der Waals surface area contributed by atoms with Gasteiger partial charge in [-0.1, -0.05) is 19.9 Å². The molecule has 0 aromatic carbocycles. The van der Waals surface area contributed by atoms with Gasteiger partial charge in [0, 0.05) is 6.54 Å². The van der Waals surface area contributed by atoms with Gasteiger partial charge in [0.05, 0.1) is 6.54 Å². The van der Waals surface area contributed by atoms with E-state index in [4.69, 9.17) is 0 Å². The van der Waals surface area contributed by atoms with Gasteiger partial charge in [-0.2, -0.15) is 0 Å². The van der Waals surface area contributed by atoms with Crippen LogP contribution in [0.3, 0.4) is 0 Å². The maximum absolute atomic E-state index is 11.1. The van der Waals surface area contributed by atoms with E-state index in [9.17, 15) is 9.59 Å². The Morgan fingerprint density at radius 2 is 1.93 bits per heavy atom. The molecule has 14 heavy (non-hydrogen) atoms. The van der Waals surface area contributed by atoms with Crippen LogP contribution in [0.5, 0.6) is 0 Å². The van der Waals surface area contributed by atoms with Crippen molar-refractivity contribution in [2.45, 2.75) is 20.8 Å². The number of hydrogen-bond acceptors (Lipinski definition) is 2. The number of carbonyl (C=O) groups excluding carboxylic acids is 2. The molecule has 0 aliphatic heterocycles. The molecular formula is C10H18N2O2. The van der Waals surface area contributed by atoms with E-state index in [1.807, 2.05) is 13.8 Å². The Hall–Kier alpha value is -1.32. The topological polar surface area (TPSA) is 58.2 Å². The first kappa shape index (κ1) is 12.7. The summed E-state index contributed by atoms with van der Waals surface area (Å²) in [7, 11) is 0. The van der Waals surface area contributed by atoms with Crippen LogP contribution in [0.1, 0.15) is 20.8 Å². The van der Waals surface area contributed by atoms with E-state index in [2.05, 4.69) is 10.6 Å². The van der Waals surface area contributed by atoms with Crippen LogP contribution in [0, 0.1) is 5.92 Å². The zero-order valence-electron chi connectivity index (χ0n) is 8.96. The molecule has 0 aromatic heterocycles. The van der Waals surface area contributed by atoms with Gasteiger partial charge in [-0.15, -0.1) is 0 Å². The van der Waals surface area contributed by atoms with Gasteiger partial charge in [0.25, 0.3) is 0 Å². The summed E-state index contributed by atoms with van der Waals surface area (Å²) in [6, 6.07) is 0. The summed E-state index contributed by atoms with van der Waals surface area (Å²) in [5.74, 6) is 0.0222. The van der Waals surface area contributed by atoms with Gasteiger partial charge in [0.1, 0.15) is 0 Å². The van der Waals surface area contributed by atoms with Crippen LogP contribution in [0.15, 0.2) is 12.2 Å². The Labute approximate surface area is 84.8 Å². The second-order valence-electron chi connectivity index (χ2n) is 3.42. The molecule has 0 fully saturated rings. The van der Waals surface area contributed by atoms with Gasteiger partial charge in [-0.25, -0.2) is 0 Å². The molecule has 2 N–H and O–H groups in total. The van der Waals surface area contributed by atoms with Gasteiger partial charge in [-0.05, 0) is 18.9 Å². The Bertz CT molecular complexity index is 222. The average molecular weight is 198 g/mol. The van der Waals surface area contributed by atoms with Crippen LogP contribution in [0.4, 0.5) is 0 Å². The van der Waals surface area contributed by atoms with E-state index < -0.39 is 0 Å². The van der Waals surface area contributed by atoms with E-state index in [1.54, 1.807) is 13.0 Å². The van der Waals surface area contributed by atoms with E-state index in [-0.39, 0.29) is 18.4 Å². The van der Waals surface area contributed by atoms with Crippen molar-refractivity contribution >= 4 is 11.8 Å². The first-order valence-corrected chi connectivity index (χ1v) is 4.73. The lowest BCUT2D eigenvalue weighted by atomic mass is 10.2. The number of hydrogen-bond donors (Lipinski definition) is 2. The normalized spacial score (nSPS) is 10.6. The minimum atomic E-state index is -0.243. The Kier molecular flexibility index (Phi) is 6.45. The molecular weight excluding hydrogens is 180 g/mol. The summed E-state index contributed by atoms with van der Waals surface area (Å²) in [4.78, 5) is 22.0. The second-order valence-corrected chi connectivity index (χ2v) is 3.42. The van der Waals surface area contributed by atoms with Crippen molar-refractivity contribution < 1.29 is 9.59 Å². The molecule has 0 spiro atoms. The fourth-order valence-electron chi connectivity index (χ4n) is 0.758. The van der Waals surface area contributed by atoms with E-state index in [0.717, 1.165) is 0 Å². The smallest absolute Gasteiger partial charge is 0.244 e. The third-order valence-electron chi connectivity index (χ3n) is 1.45. The van der Waals surface area contributed by atoms with Crippen molar-refractivity contribution in [3.63, 3.8) is 0 Å². The third kappa shape index (κ3) is 7.34. The van der Waals surface area contributed by atoms with Crippen LogP contribution >= 0.6 is 0 Å². The predicted octanol–water partition coefficient (Wildman–Crippen LogP) is 0.451. The summed E-state index contributed by atoms with van der Waals surface area (Å²) >= 11 is 0. The standard InChI is InChI=1S/C10H18N2O2/c1-4-5-9(13)12-7-10(14)11-6-8(2)3/h4-5,8H,6-7H2,1-3H3,(H,11,14)(H,12,13)/b5-4+. The lowest BCUT2D eigenvalue weighted by Gasteiger charge is -2.07. The molecule has 0 rings (SSSR count). The second kappa shape index (κ2) is 7.12.